The maximum absolute atomic E-state index is 11.7. The number of thioether (sulfide) groups is 1. The van der Waals surface area contributed by atoms with Crippen LogP contribution < -0.4 is 14.8 Å². The summed E-state index contributed by atoms with van der Waals surface area (Å²) >= 11 is 12.4. The first-order valence-electron chi connectivity index (χ1n) is 10.5. The molecule has 2 aromatic carbocycles. The van der Waals surface area contributed by atoms with Gasteiger partial charge in [-0.3, -0.25) is 14.9 Å². The van der Waals surface area contributed by atoms with Crippen LogP contribution in [0.4, 0.5) is 4.79 Å². The molecule has 174 valence electrons. The van der Waals surface area contributed by atoms with Crippen LogP contribution in [0.1, 0.15) is 12.5 Å². The van der Waals surface area contributed by atoms with Crippen molar-refractivity contribution in [3.8, 4) is 11.5 Å². The highest BCUT2D eigenvalue weighted by Gasteiger charge is 2.33. The molecule has 1 N–H and O–H groups in total. The van der Waals surface area contributed by atoms with Gasteiger partial charge in [-0.2, -0.15) is 0 Å². The van der Waals surface area contributed by atoms with Gasteiger partial charge < -0.3 is 19.1 Å². The normalized spacial score (nSPS) is 21.0. The van der Waals surface area contributed by atoms with Gasteiger partial charge in [0.25, 0.3) is 10.4 Å². The molecule has 0 saturated carbocycles. The van der Waals surface area contributed by atoms with Crippen molar-refractivity contribution in [1.82, 2.24) is 10.2 Å². The van der Waals surface area contributed by atoms with Gasteiger partial charge in [0.05, 0.1) is 17.8 Å². The van der Waals surface area contributed by atoms with E-state index < -0.39 is 0 Å². The Kier molecular flexibility index (Phi) is 7.62. The highest BCUT2D eigenvalue weighted by molar-refractivity contribution is 8.15. The topological polar surface area (TPSA) is 77.1 Å². The van der Waals surface area contributed by atoms with Gasteiger partial charge in [-0.15, -0.1) is 0 Å². The van der Waals surface area contributed by atoms with E-state index in [0.29, 0.717) is 42.1 Å². The van der Waals surface area contributed by atoms with Gasteiger partial charge >= 0.3 is 0 Å². The fraction of sp³-hybridized carbons (Fsp3) is 0.348. The Bertz CT molecular complexity index is 1040. The lowest BCUT2D eigenvalue weighted by Crippen LogP contribution is -2.38. The number of hydrogen-bond acceptors (Lipinski definition) is 7. The second-order valence-corrected chi connectivity index (χ2v) is 9.78. The van der Waals surface area contributed by atoms with E-state index in [1.807, 2.05) is 48.2 Å². The zero-order valence-electron chi connectivity index (χ0n) is 17.9. The number of imide groups is 1. The molecule has 0 spiro atoms. The van der Waals surface area contributed by atoms with Crippen molar-refractivity contribution in [2.75, 3.05) is 19.8 Å². The number of amides is 2. The fourth-order valence-corrected chi connectivity index (χ4v) is 4.93. The van der Waals surface area contributed by atoms with Gasteiger partial charge in [0.15, 0.2) is 6.10 Å². The number of benzene rings is 2. The molecule has 0 radical (unpaired) electrons. The van der Waals surface area contributed by atoms with Gasteiger partial charge in [0, 0.05) is 5.02 Å². The molecule has 4 rings (SSSR count). The number of ether oxygens (including phenoxy) is 3. The Hall–Kier alpha value is -2.49. The van der Waals surface area contributed by atoms with Crippen LogP contribution in [0, 0.1) is 0 Å². The summed E-state index contributed by atoms with van der Waals surface area (Å²) in [6.45, 7) is 3.44. The number of carbonyl (C=O) groups is 2. The summed E-state index contributed by atoms with van der Waals surface area (Å²) < 4.78 is 17.5. The lowest BCUT2D eigenvalue weighted by atomic mass is 10.1. The summed E-state index contributed by atoms with van der Waals surface area (Å²) in [5.41, 5.74) is 0.967. The Morgan fingerprint density at radius 1 is 1.21 bits per heavy atom. The first kappa shape index (κ1) is 23.7. The highest BCUT2D eigenvalue weighted by atomic mass is 35.5. The molecular formula is C23H23ClN2O5S2. The number of nitrogens with one attached hydrogen (secondary N) is 1. The summed E-state index contributed by atoms with van der Waals surface area (Å²) in [5.74, 6) is 1.17. The lowest BCUT2D eigenvalue weighted by Gasteiger charge is -2.23. The molecule has 2 aromatic rings. The monoisotopic (exact) mass is 506 g/mol. The van der Waals surface area contributed by atoms with E-state index in [2.05, 4.69) is 5.32 Å². The van der Waals surface area contributed by atoms with E-state index >= 15 is 0 Å². The molecule has 0 bridgehead atoms. The Labute approximate surface area is 206 Å². The minimum Gasteiger partial charge on any atom is -0.491 e. The predicted molar refractivity (Wildman–Crippen MR) is 131 cm³/mol. The third-order valence-corrected chi connectivity index (χ3v) is 6.82. The van der Waals surface area contributed by atoms with Gasteiger partial charge in [-0.1, -0.05) is 41.6 Å². The first-order chi connectivity index (χ1) is 15.9. The van der Waals surface area contributed by atoms with E-state index in [-0.39, 0.29) is 28.5 Å². The molecule has 0 aliphatic carbocycles. The van der Waals surface area contributed by atoms with Crippen molar-refractivity contribution in [2.45, 2.75) is 30.7 Å². The number of rotatable bonds is 9. The van der Waals surface area contributed by atoms with Crippen LogP contribution in [-0.4, -0.2) is 58.4 Å². The number of nitrogens with zero attached hydrogens (tertiary/aromatic N) is 1. The van der Waals surface area contributed by atoms with Crippen molar-refractivity contribution in [3.63, 3.8) is 0 Å². The smallest absolute Gasteiger partial charge is 0.286 e. The minimum absolute atomic E-state index is 0.0120. The Balaban J connectivity index is 1.23. The number of halogens is 1. The van der Waals surface area contributed by atoms with Gasteiger partial charge in [-0.05, 0) is 61.5 Å². The standard InChI is InChI=1S/C23H23ClN2O5S2/c1-14(26-11-19(31-23(26)32)13-30-18-4-2-3-16(24)10-18)12-29-17-7-5-15(6-8-17)9-20-21(27)25-22(28)33-20/h2-8,10,14,19-20H,9,11-13H2,1H3,(H,25,27,28). The Morgan fingerprint density at radius 3 is 2.70 bits per heavy atom. The van der Waals surface area contributed by atoms with Gasteiger partial charge in [0.2, 0.25) is 5.91 Å². The van der Waals surface area contributed by atoms with Crippen LogP contribution in [0.15, 0.2) is 48.5 Å². The van der Waals surface area contributed by atoms with Gasteiger partial charge in [0.1, 0.15) is 24.7 Å². The molecule has 2 fully saturated rings. The average molecular weight is 507 g/mol. The largest absolute Gasteiger partial charge is 0.491 e. The molecule has 33 heavy (non-hydrogen) atoms. The van der Waals surface area contributed by atoms with Crippen LogP contribution in [0.25, 0.3) is 0 Å². The predicted octanol–water partition coefficient (Wildman–Crippen LogP) is 4.07. The highest BCUT2D eigenvalue weighted by Crippen LogP contribution is 2.24. The van der Waals surface area contributed by atoms with Gasteiger partial charge in [-0.25, -0.2) is 0 Å². The molecule has 2 aliphatic heterocycles. The van der Waals surface area contributed by atoms with Crippen LogP contribution in [0.5, 0.6) is 11.5 Å². The maximum atomic E-state index is 11.7. The lowest BCUT2D eigenvalue weighted by molar-refractivity contribution is -0.118. The van der Waals surface area contributed by atoms with Crippen LogP contribution >= 0.6 is 35.6 Å². The second-order valence-electron chi connectivity index (χ2n) is 7.82. The van der Waals surface area contributed by atoms with Crippen molar-refractivity contribution < 1.29 is 23.8 Å². The molecular weight excluding hydrogens is 484 g/mol. The fourth-order valence-electron chi connectivity index (χ4n) is 3.50. The third kappa shape index (κ3) is 6.31. The second kappa shape index (κ2) is 10.6. The molecule has 2 heterocycles. The van der Waals surface area contributed by atoms with Crippen molar-refractivity contribution in [3.05, 3.63) is 59.1 Å². The molecule has 3 unspecified atom stereocenters. The quantitative estimate of drug-likeness (QED) is 0.510. The number of hydrogen-bond donors (Lipinski definition) is 1. The molecule has 2 saturated heterocycles. The summed E-state index contributed by atoms with van der Waals surface area (Å²) in [6, 6.07) is 14.8. The summed E-state index contributed by atoms with van der Waals surface area (Å²) in [4.78, 5) is 25.0. The maximum Gasteiger partial charge on any atom is 0.286 e. The number of carbonyl (C=O) groups excluding carboxylic acids is 2. The first-order valence-corrected chi connectivity index (χ1v) is 12.1. The van der Waals surface area contributed by atoms with E-state index in [4.69, 9.17) is 38.0 Å². The van der Waals surface area contributed by atoms with E-state index in [9.17, 15) is 9.59 Å². The summed E-state index contributed by atoms with van der Waals surface area (Å²) in [5, 5.41) is 2.69. The van der Waals surface area contributed by atoms with E-state index in [0.717, 1.165) is 23.1 Å². The third-order valence-electron chi connectivity index (χ3n) is 5.27. The van der Waals surface area contributed by atoms with Crippen molar-refractivity contribution in [1.29, 1.82) is 0 Å². The molecule has 2 amide bonds. The molecule has 10 heteroatoms. The minimum atomic E-state index is -0.378. The Morgan fingerprint density at radius 2 is 2.00 bits per heavy atom. The molecule has 3 atom stereocenters. The van der Waals surface area contributed by atoms with E-state index in [1.54, 1.807) is 12.1 Å². The molecule has 0 aromatic heterocycles. The van der Waals surface area contributed by atoms with Crippen molar-refractivity contribution >= 4 is 51.9 Å². The van der Waals surface area contributed by atoms with Crippen molar-refractivity contribution in [2.24, 2.45) is 0 Å². The number of thiocarbonyl (C=S) groups is 1. The SMILES string of the molecule is CC(COc1ccc(CC2SC(=O)NC2=O)cc1)N1CC(COc2cccc(Cl)c2)OC1=S. The van der Waals surface area contributed by atoms with Crippen LogP contribution in [-0.2, 0) is 16.0 Å². The van der Waals surface area contributed by atoms with E-state index in [1.165, 1.54) is 0 Å². The zero-order valence-corrected chi connectivity index (χ0v) is 20.3. The molecule has 2 aliphatic rings. The average Bonchev–Trinajstić information content (AvgIpc) is 3.32. The summed E-state index contributed by atoms with van der Waals surface area (Å²) in [7, 11) is 0. The van der Waals surface area contributed by atoms with Crippen LogP contribution in [0.2, 0.25) is 5.02 Å². The van der Waals surface area contributed by atoms with Crippen LogP contribution in [0.3, 0.4) is 0 Å². The summed E-state index contributed by atoms with van der Waals surface area (Å²) in [6.07, 6.45) is 0.326. The molecule has 7 nitrogen and oxygen atoms in total. The zero-order chi connectivity index (χ0) is 23.4.